The highest BCUT2D eigenvalue weighted by molar-refractivity contribution is 7.92. The first-order valence-corrected chi connectivity index (χ1v) is 8.52. The molecule has 0 aromatic carbocycles. The lowest BCUT2D eigenvalue weighted by molar-refractivity contribution is -0.148. The van der Waals surface area contributed by atoms with E-state index >= 15 is 0 Å². The third-order valence-electron chi connectivity index (χ3n) is 3.81. The molecular formula is C12H23F3N2O2S. The van der Waals surface area contributed by atoms with E-state index in [1.54, 1.807) is 13.8 Å². The lowest BCUT2D eigenvalue weighted by Gasteiger charge is -2.34. The normalized spacial score (nSPS) is 20.3. The molecule has 1 saturated heterocycles. The Bertz CT molecular complexity index is 413. The lowest BCUT2D eigenvalue weighted by atomic mass is 10.0. The Morgan fingerprint density at radius 1 is 1.20 bits per heavy atom. The van der Waals surface area contributed by atoms with Gasteiger partial charge >= 0.3 is 6.18 Å². The Morgan fingerprint density at radius 2 is 1.70 bits per heavy atom. The minimum Gasteiger partial charge on any atom is -0.312 e. The zero-order valence-corrected chi connectivity index (χ0v) is 12.9. The van der Waals surface area contributed by atoms with Gasteiger partial charge in [-0.2, -0.15) is 13.2 Å². The number of hydrogen-bond donors (Lipinski definition) is 1. The van der Waals surface area contributed by atoms with Crippen LogP contribution in [-0.4, -0.2) is 62.7 Å². The van der Waals surface area contributed by atoms with Crippen LogP contribution in [0.1, 0.15) is 26.7 Å². The van der Waals surface area contributed by atoms with Crippen molar-refractivity contribution in [2.24, 2.45) is 0 Å². The van der Waals surface area contributed by atoms with Crippen LogP contribution in [0.4, 0.5) is 13.2 Å². The van der Waals surface area contributed by atoms with Crippen molar-refractivity contribution < 1.29 is 21.6 Å². The lowest BCUT2D eigenvalue weighted by Crippen LogP contribution is -2.50. The van der Waals surface area contributed by atoms with Gasteiger partial charge in [-0.3, -0.25) is 4.90 Å². The summed E-state index contributed by atoms with van der Waals surface area (Å²) in [4.78, 5) is 1.39. The molecule has 1 aliphatic rings. The van der Waals surface area contributed by atoms with Crippen molar-refractivity contribution in [3.8, 4) is 0 Å². The van der Waals surface area contributed by atoms with Gasteiger partial charge in [0.2, 0.25) is 0 Å². The van der Waals surface area contributed by atoms with Crippen molar-refractivity contribution in [2.75, 3.05) is 32.4 Å². The van der Waals surface area contributed by atoms with Crippen LogP contribution < -0.4 is 5.32 Å². The standard InChI is InChI=1S/C12H23F3N2O2S/c1-11(2,20(3,18)19)8-16-10-4-6-17(7-5-10)9-12(13,14)15/h10,16H,4-9H2,1-3H3. The molecule has 1 N–H and O–H groups in total. The van der Waals surface area contributed by atoms with Gasteiger partial charge in [0.25, 0.3) is 0 Å². The number of nitrogens with one attached hydrogen (secondary N) is 1. The summed E-state index contributed by atoms with van der Waals surface area (Å²) in [6, 6.07) is 0.0838. The van der Waals surface area contributed by atoms with E-state index in [1.807, 2.05) is 0 Å². The van der Waals surface area contributed by atoms with Crippen LogP contribution >= 0.6 is 0 Å². The monoisotopic (exact) mass is 316 g/mol. The maximum Gasteiger partial charge on any atom is 0.401 e. The van der Waals surface area contributed by atoms with E-state index in [4.69, 9.17) is 0 Å². The minimum atomic E-state index is -4.15. The number of nitrogens with zero attached hydrogens (tertiary/aromatic N) is 1. The molecular weight excluding hydrogens is 293 g/mol. The molecule has 0 radical (unpaired) electrons. The van der Waals surface area contributed by atoms with Crippen molar-refractivity contribution in [1.29, 1.82) is 0 Å². The molecule has 0 spiro atoms. The Morgan fingerprint density at radius 3 is 2.10 bits per heavy atom. The van der Waals surface area contributed by atoms with Gasteiger partial charge in [-0.25, -0.2) is 8.42 Å². The van der Waals surface area contributed by atoms with E-state index in [1.165, 1.54) is 11.2 Å². The van der Waals surface area contributed by atoms with Crippen LogP contribution in [0.5, 0.6) is 0 Å². The third kappa shape index (κ3) is 5.57. The topological polar surface area (TPSA) is 49.4 Å². The molecule has 0 bridgehead atoms. The average molecular weight is 316 g/mol. The van der Waals surface area contributed by atoms with Crippen LogP contribution in [0, 0.1) is 0 Å². The molecule has 0 aromatic heterocycles. The Labute approximate surface area is 118 Å². The molecule has 0 aromatic rings. The number of likely N-dealkylation sites (tertiary alicyclic amines) is 1. The Hall–Kier alpha value is -0.340. The van der Waals surface area contributed by atoms with E-state index < -0.39 is 27.3 Å². The molecule has 0 amide bonds. The van der Waals surface area contributed by atoms with Gasteiger partial charge in [-0.05, 0) is 39.8 Å². The highest BCUT2D eigenvalue weighted by Gasteiger charge is 2.34. The summed E-state index contributed by atoms with van der Waals surface area (Å²) in [6.45, 7) is 3.51. The quantitative estimate of drug-likeness (QED) is 0.833. The van der Waals surface area contributed by atoms with Crippen molar-refractivity contribution in [3.05, 3.63) is 0 Å². The van der Waals surface area contributed by atoms with E-state index in [2.05, 4.69) is 5.32 Å². The van der Waals surface area contributed by atoms with Gasteiger partial charge in [0.1, 0.15) is 0 Å². The van der Waals surface area contributed by atoms with Crippen LogP contribution in [0.3, 0.4) is 0 Å². The zero-order chi connectivity index (χ0) is 15.6. The summed E-state index contributed by atoms with van der Waals surface area (Å²) in [5.74, 6) is 0. The first-order valence-electron chi connectivity index (χ1n) is 6.63. The van der Waals surface area contributed by atoms with Crippen molar-refractivity contribution in [3.63, 3.8) is 0 Å². The summed E-state index contributed by atoms with van der Waals surface area (Å²) in [5, 5.41) is 3.16. The molecule has 4 nitrogen and oxygen atoms in total. The number of alkyl halides is 3. The van der Waals surface area contributed by atoms with Gasteiger partial charge in [0.05, 0.1) is 11.3 Å². The summed E-state index contributed by atoms with van der Waals surface area (Å²) < 4.78 is 59.0. The highest BCUT2D eigenvalue weighted by Crippen LogP contribution is 2.20. The fourth-order valence-electron chi connectivity index (χ4n) is 2.07. The first kappa shape index (κ1) is 17.7. The van der Waals surface area contributed by atoms with Crippen LogP contribution in [0.25, 0.3) is 0 Å². The predicted molar refractivity (Wildman–Crippen MR) is 72.4 cm³/mol. The van der Waals surface area contributed by atoms with E-state index in [0.29, 0.717) is 32.5 Å². The minimum absolute atomic E-state index is 0.0838. The molecule has 0 unspecified atom stereocenters. The Balaban J connectivity index is 2.37. The van der Waals surface area contributed by atoms with Crippen LogP contribution in [-0.2, 0) is 9.84 Å². The van der Waals surface area contributed by atoms with E-state index in [0.717, 1.165) is 0 Å². The van der Waals surface area contributed by atoms with E-state index in [-0.39, 0.29) is 6.04 Å². The molecule has 0 atom stereocenters. The smallest absolute Gasteiger partial charge is 0.312 e. The SMILES string of the molecule is CC(C)(CNC1CCN(CC(F)(F)F)CC1)S(C)(=O)=O. The molecule has 0 aliphatic carbocycles. The van der Waals surface area contributed by atoms with Gasteiger partial charge in [0, 0.05) is 18.8 Å². The maximum absolute atomic E-state index is 12.2. The molecule has 0 saturated carbocycles. The van der Waals surface area contributed by atoms with Gasteiger partial charge in [-0.1, -0.05) is 0 Å². The van der Waals surface area contributed by atoms with Gasteiger partial charge in [-0.15, -0.1) is 0 Å². The number of halogens is 3. The van der Waals surface area contributed by atoms with Crippen molar-refractivity contribution in [1.82, 2.24) is 10.2 Å². The predicted octanol–water partition coefficient (Wildman–Crippen LogP) is 1.43. The zero-order valence-electron chi connectivity index (χ0n) is 12.1. The first-order chi connectivity index (χ1) is 8.91. The molecule has 1 fully saturated rings. The second-order valence-corrected chi connectivity index (χ2v) is 8.73. The summed E-state index contributed by atoms with van der Waals surface area (Å²) in [6.07, 6.45) is -1.75. The fraction of sp³-hybridized carbons (Fsp3) is 1.00. The molecule has 1 heterocycles. The summed E-state index contributed by atoms with van der Waals surface area (Å²) in [5.41, 5.74) is 0. The number of rotatable bonds is 5. The second-order valence-electron chi connectivity index (χ2n) is 6.08. The number of piperidine rings is 1. The molecule has 120 valence electrons. The second kappa shape index (κ2) is 6.19. The van der Waals surface area contributed by atoms with Gasteiger partial charge < -0.3 is 5.32 Å². The van der Waals surface area contributed by atoms with Crippen molar-refractivity contribution in [2.45, 2.75) is 43.7 Å². The van der Waals surface area contributed by atoms with Crippen LogP contribution in [0.2, 0.25) is 0 Å². The van der Waals surface area contributed by atoms with E-state index in [9.17, 15) is 21.6 Å². The fourth-order valence-corrected chi connectivity index (χ4v) is 2.42. The Kier molecular flexibility index (Phi) is 5.48. The summed E-state index contributed by atoms with van der Waals surface area (Å²) in [7, 11) is -3.16. The van der Waals surface area contributed by atoms with Crippen LogP contribution in [0.15, 0.2) is 0 Å². The molecule has 8 heteroatoms. The van der Waals surface area contributed by atoms with Gasteiger partial charge in [0.15, 0.2) is 9.84 Å². The number of sulfone groups is 1. The molecule has 20 heavy (non-hydrogen) atoms. The molecule has 1 aliphatic heterocycles. The molecule has 1 rings (SSSR count). The third-order valence-corrected chi connectivity index (χ3v) is 5.96. The van der Waals surface area contributed by atoms with Crippen molar-refractivity contribution >= 4 is 9.84 Å². The maximum atomic E-state index is 12.2. The highest BCUT2D eigenvalue weighted by atomic mass is 32.2. The largest absolute Gasteiger partial charge is 0.401 e. The number of hydrogen-bond acceptors (Lipinski definition) is 4. The summed E-state index contributed by atoms with van der Waals surface area (Å²) >= 11 is 0. The average Bonchev–Trinajstić information content (AvgIpc) is 2.24.